The van der Waals surface area contributed by atoms with Crippen molar-refractivity contribution in [1.29, 1.82) is 0 Å². The summed E-state index contributed by atoms with van der Waals surface area (Å²) in [5.41, 5.74) is 2.06. The molecule has 3 aromatic rings. The molecule has 0 spiro atoms. The first-order chi connectivity index (χ1) is 11.2. The zero-order valence-electron chi connectivity index (χ0n) is 12.8. The number of halogens is 1. The Morgan fingerprint density at radius 1 is 1.26 bits per heavy atom. The van der Waals surface area contributed by atoms with Crippen molar-refractivity contribution >= 4 is 5.95 Å². The molecule has 6 nitrogen and oxygen atoms in total. The van der Waals surface area contributed by atoms with Crippen molar-refractivity contribution in [3.8, 4) is 11.6 Å². The van der Waals surface area contributed by atoms with Crippen molar-refractivity contribution in [2.75, 3.05) is 12.4 Å². The van der Waals surface area contributed by atoms with E-state index in [0.717, 1.165) is 23.3 Å². The van der Waals surface area contributed by atoms with Crippen LogP contribution in [0.3, 0.4) is 0 Å². The highest BCUT2D eigenvalue weighted by Gasteiger charge is 2.09. The Balaban J connectivity index is 1.83. The third-order valence-electron chi connectivity index (χ3n) is 3.42. The Morgan fingerprint density at radius 3 is 2.83 bits per heavy atom. The summed E-state index contributed by atoms with van der Waals surface area (Å²) in [5.74, 6) is 0.534. The lowest BCUT2D eigenvalue weighted by atomic mass is 10.1. The van der Waals surface area contributed by atoms with Crippen molar-refractivity contribution in [1.82, 2.24) is 19.5 Å². The monoisotopic (exact) mass is 313 g/mol. The highest BCUT2D eigenvalue weighted by Crippen LogP contribution is 2.18. The molecule has 2 heterocycles. The Bertz CT molecular complexity index is 818. The minimum atomic E-state index is -0.590. The van der Waals surface area contributed by atoms with Crippen LogP contribution in [-0.4, -0.2) is 26.6 Å². The van der Waals surface area contributed by atoms with Gasteiger partial charge in [0.15, 0.2) is 0 Å². The number of nitrogens with zero attached hydrogens (tertiary/aromatic N) is 4. The molecule has 0 fully saturated rings. The second-order valence-electron chi connectivity index (χ2n) is 4.88. The largest absolute Gasteiger partial charge is 0.479 e. The maximum absolute atomic E-state index is 13.3. The van der Waals surface area contributed by atoms with Crippen LogP contribution in [0.25, 0.3) is 5.69 Å². The number of nitrogens with one attached hydrogen (secondary N) is 1. The summed E-state index contributed by atoms with van der Waals surface area (Å²) in [6.45, 7) is 2.43. The SMILES string of the molecule is COc1nc(NCc2ccccc2-n2ccnc2C)ncc1F. The zero-order valence-corrected chi connectivity index (χ0v) is 12.8. The number of hydrogen-bond acceptors (Lipinski definition) is 5. The number of anilines is 1. The summed E-state index contributed by atoms with van der Waals surface area (Å²) in [6, 6.07) is 7.94. The fourth-order valence-electron chi connectivity index (χ4n) is 2.28. The fourth-order valence-corrected chi connectivity index (χ4v) is 2.28. The third-order valence-corrected chi connectivity index (χ3v) is 3.42. The quantitative estimate of drug-likeness (QED) is 0.784. The van der Waals surface area contributed by atoms with E-state index in [1.165, 1.54) is 7.11 Å². The van der Waals surface area contributed by atoms with Crippen LogP contribution in [0.1, 0.15) is 11.4 Å². The van der Waals surface area contributed by atoms with E-state index >= 15 is 0 Å². The molecule has 0 unspecified atom stereocenters. The molecule has 118 valence electrons. The van der Waals surface area contributed by atoms with Crippen LogP contribution < -0.4 is 10.1 Å². The second kappa shape index (κ2) is 6.43. The number of aromatic nitrogens is 4. The summed E-state index contributed by atoms with van der Waals surface area (Å²) in [6.07, 6.45) is 4.75. The molecule has 0 aliphatic rings. The van der Waals surface area contributed by atoms with E-state index in [1.54, 1.807) is 6.20 Å². The molecule has 1 aromatic carbocycles. The van der Waals surface area contributed by atoms with Crippen LogP contribution in [0.5, 0.6) is 5.88 Å². The van der Waals surface area contributed by atoms with E-state index in [2.05, 4.69) is 20.3 Å². The van der Waals surface area contributed by atoms with E-state index in [0.29, 0.717) is 12.5 Å². The van der Waals surface area contributed by atoms with E-state index in [-0.39, 0.29) is 5.88 Å². The van der Waals surface area contributed by atoms with Gasteiger partial charge >= 0.3 is 0 Å². The van der Waals surface area contributed by atoms with Crippen molar-refractivity contribution in [2.45, 2.75) is 13.5 Å². The van der Waals surface area contributed by atoms with Crippen molar-refractivity contribution in [2.24, 2.45) is 0 Å². The number of benzene rings is 1. The van der Waals surface area contributed by atoms with E-state index in [1.807, 2.05) is 42.0 Å². The number of imidazole rings is 1. The molecule has 0 saturated heterocycles. The number of ether oxygens (including phenoxy) is 1. The van der Waals surface area contributed by atoms with Crippen LogP contribution in [0.4, 0.5) is 10.3 Å². The average Bonchev–Trinajstić information content (AvgIpc) is 3.00. The number of methoxy groups -OCH3 is 1. The molecular weight excluding hydrogens is 297 g/mol. The summed E-state index contributed by atoms with van der Waals surface area (Å²) in [4.78, 5) is 12.1. The highest BCUT2D eigenvalue weighted by molar-refractivity contribution is 5.44. The lowest BCUT2D eigenvalue weighted by molar-refractivity contribution is 0.368. The van der Waals surface area contributed by atoms with Gasteiger partial charge in [0.2, 0.25) is 11.8 Å². The number of aryl methyl sites for hydroxylation is 1. The van der Waals surface area contributed by atoms with Crippen molar-refractivity contribution < 1.29 is 9.13 Å². The molecule has 0 bridgehead atoms. The molecule has 0 radical (unpaired) electrons. The van der Waals surface area contributed by atoms with Gasteiger partial charge in [0.05, 0.1) is 19.0 Å². The van der Waals surface area contributed by atoms with Gasteiger partial charge in [-0.2, -0.15) is 9.37 Å². The van der Waals surface area contributed by atoms with E-state index < -0.39 is 5.82 Å². The fraction of sp³-hybridized carbons (Fsp3) is 0.188. The Morgan fingerprint density at radius 2 is 2.09 bits per heavy atom. The molecule has 0 amide bonds. The Hall–Kier alpha value is -2.96. The van der Waals surface area contributed by atoms with Gasteiger partial charge in [0.1, 0.15) is 5.82 Å². The first-order valence-electron chi connectivity index (χ1n) is 7.07. The lowest BCUT2D eigenvalue weighted by Crippen LogP contribution is -2.08. The first-order valence-corrected chi connectivity index (χ1v) is 7.07. The minimum absolute atomic E-state index is 0.0822. The van der Waals surface area contributed by atoms with Gasteiger partial charge in [0, 0.05) is 18.9 Å². The van der Waals surface area contributed by atoms with Gasteiger partial charge < -0.3 is 14.6 Å². The second-order valence-corrected chi connectivity index (χ2v) is 4.88. The Labute approximate surface area is 133 Å². The number of para-hydroxylation sites is 1. The molecule has 0 aliphatic carbocycles. The smallest absolute Gasteiger partial charge is 0.255 e. The summed E-state index contributed by atoms with van der Waals surface area (Å²) in [7, 11) is 1.37. The summed E-state index contributed by atoms with van der Waals surface area (Å²) in [5, 5.41) is 3.08. The third kappa shape index (κ3) is 3.13. The first kappa shape index (κ1) is 15.0. The van der Waals surface area contributed by atoms with E-state index in [4.69, 9.17) is 4.74 Å². The van der Waals surface area contributed by atoms with Gasteiger partial charge in [-0.15, -0.1) is 0 Å². The minimum Gasteiger partial charge on any atom is -0.479 e. The van der Waals surface area contributed by atoms with Gasteiger partial charge in [-0.25, -0.2) is 9.97 Å². The predicted octanol–water partition coefficient (Wildman–Crippen LogP) is 2.73. The topological polar surface area (TPSA) is 64.9 Å². The van der Waals surface area contributed by atoms with Gasteiger partial charge in [-0.05, 0) is 18.6 Å². The van der Waals surface area contributed by atoms with Crippen LogP contribution >= 0.6 is 0 Å². The van der Waals surface area contributed by atoms with Crippen LogP contribution in [0, 0.1) is 12.7 Å². The molecule has 0 saturated carbocycles. The molecular formula is C16H16FN5O. The normalized spacial score (nSPS) is 10.6. The zero-order chi connectivity index (χ0) is 16.2. The predicted molar refractivity (Wildman–Crippen MR) is 84.2 cm³/mol. The van der Waals surface area contributed by atoms with Gasteiger partial charge in [-0.3, -0.25) is 0 Å². The molecule has 0 atom stereocenters. The van der Waals surface area contributed by atoms with Crippen molar-refractivity contribution in [3.05, 3.63) is 60.1 Å². The number of rotatable bonds is 5. The maximum Gasteiger partial charge on any atom is 0.255 e. The molecule has 2 aromatic heterocycles. The molecule has 3 rings (SSSR count). The Kier molecular flexibility index (Phi) is 4.18. The standard InChI is InChI=1S/C16H16FN5O/c1-11-18-7-8-22(11)14-6-4-3-5-12(14)9-19-16-20-10-13(17)15(21-16)23-2/h3-8,10H,9H2,1-2H3,(H,19,20,21). The highest BCUT2D eigenvalue weighted by atomic mass is 19.1. The van der Waals surface area contributed by atoms with Gasteiger partial charge in [0.25, 0.3) is 5.88 Å². The summed E-state index contributed by atoms with van der Waals surface area (Å²) < 4.78 is 20.2. The molecule has 7 heteroatoms. The van der Waals surface area contributed by atoms with Crippen LogP contribution in [-0.2, 0) is 6.54 Å². The van der Waals surface area contributed by atoms with Crippen LogP contribution in [0.15, 0.2) is 42.9 Å². The number of hydrogen-bond donors (Lipinski definition) is 1. The van der Waals surface area contributed by atoms with Gasteiger partial charge in [-0.1, -0.05) is 18.2 Å². The lowest BCUT2D eigenvalue weighted by Gasteiger charge is -2.13. The van der Waals surface area contributed by atoms with Crippen LogP contribution in [0.2, 0.25) is 0 Å². The van der Waals surface area contributed by atoms with E-state index in [9.17, 15) is 4.39 Å². The maximum atomic E-state index is 13.3. The average molecular weight is 313 g/mol. The van der Waals surface area contributed by atoms with Crippen molar-refractivity contribution in [3.63, 3.8) is 0 Å². The molecule has 0 aliphatic heterocycles. The molecule has 1 N–H and O–H groups in total. The molecule has 23 heavy (non-hydrogen) atoms. The summed E-state index contributed by atoms with van der Waals surface area (Å²) >= 11 is 0.